The van der Waals surface area contributed by atoms with Crippen molar-refractivity contribution in [3.8, 4) is 12.3 Å². The Bertz CT molecular complexity index is 1620. The number of halogens is 1. The van der Waals surface area contributed by atoms with Gasteiger partial charge in [-0.3, -0.25) is 9.59 Å². The molecule has 356 valence electrons. The molecule has 0 saturated carbocycles. The number of hydrogen-bond acceptors (Lipinski definition) is 23. The van der Waals surface area contributed by atoms with Gasteiger partial charge >= 0.3 is 0 Å². The van der Waals surface area contributed by atoms with Crippen molar-refractivity contribution in [1.29, 1.82) is 0 Å². The van der Waals surface area contributed by atoms with Crippen molar-refractivity contribution >= 4 is 35.8 Å². The van der Waals surface area contributed by atoms with Gasteiger partial charge in [-0.15, -0.1) is 35.5 Å². The number of aliphatic hydroxyl groups is 14. The minimum atomic E-state index is -1.61. The molecular formula is C33H57IN8O20. The number of nitrogens with one attached hydrogen (secondary N) is 2. The number of ether oxygens (including phenoxy) is 4. The summed E-state index contributed by atoms with van der Waals surface area (Å²) >= 11 is 0. The second kappa shape index (κ2) is 26.1. The standard InChI is InChI=1S/C16H26N4O10.C8H14N4O5.C8H12O5.CH4.HI/c1-5(23)17-9-12(26)10(24)8(4-22)30-16(9)20-2-6(18-19-20)15-14(28)13(27)11(25)7(3-21)29-15;1-3(14)10-5-7(16)6(15)4(2-13)17-8(5)11-12-9;1-2-4-6(10)8(12)7(11)5(3-9)13-4;;/h2,7-16,21-22,24-28H,3-4H2,1H3,(H,17,23);4-8,13,15-16H,2H2,1H3,(H,10,14);1,4-12H,3H2;1H4;1H/t7-,8-,9-,10-,11-,12-,13+,14+,15?,16-;2*4-,5-,6-,7-,8-;;/m111../s1. The molecule has 2 amide bonds. The van der Waals surface area contributed by atoms with Gasteiger partial charge in [-0.2, -0.15) is 0 Å². The maximum atomic E-state index is 11.5. The van der Waals surface area contributed by atoms with Gasteiger partial charge in [0.2, 0.25) is 11.8 Å². The highest BCUT2D eigenvalue weighted by atomic mass is 127. The fourth-order valence-electron chi connectivity index (χ4n) is 6.48. The van der Waals surface area contributed by atoms with E-state index in [1.165, 1.54) is 20.0 Å². The van der Waals surface area contributed by atoms with Crippen LogP contribution in [0.4, 0.5) is 0 Å². The molecule has 16 N–H and O–H groups in total. The molecular weight excluding hydrogens is 955 g/mol. The van der Waals surface area contributed by atoms with Crippen LogP contribution < -0.4 is 10.6 Å². The third-order valence-corrected chi connectivity index (χ3v) is 9.73. The van der Waals surface area contributed by atoms with Crippen LogP contribution in [-0.4, -0.2) is 235 Å². The molecule has 4 saturated heterocycles. The number of carbonyl (C=O) groups is 2. The molecule has 1 unspecified atom stereocenters. The number of nitrogens with zero attached hydrogens (tertiary/aromatic N) is 6. The van der Waals surface area contributed by atoms with Crippen LogP contribution in [-0.2, 0) is 28.5 Å². The Labute approximate surface area is 370 Å². The topological polar surface area (TPSA) is 458 Å². The average molecular weight is 1010 g/mol. The van der Waals surface area contributed by atoms with Crippen molar-refractivity contribution in [3.63, 3.8) is 0 Å². The number of hydrogen-bond donors (Lipinski definition) is 16. The molecule has 4 aliphatic heterocycles. The number of rotatable bonds is 9. The fraction of sp³-hybridized carbons (Fsp3) is 0.818. The van der Waals surface area contributed by atoms with Gasteiger partial charge in [0.1, 0.15) is 109 Å². The molecule has 4 fully saturated rings. The van der Waals surface area contributed by atoms with Crippen molar-refractivity contribution in [3.05, 3.63) is 22.3 Å². The summed E-state index contributed by atoms with van der Waals surface area (Å²) in [5, 5.41) is 150. The van der Waals surface area contributed by atoms with Gasteiger partial charge < -0.3 is 101 Å². The molecule has 1 aromatic rings. The van der Waals surface area contributed by atoms with E-state index in [1.807, 2.05) is 0 Å². The van der Waals surface area contributed by atoms with Crippen LogP contribution in [0.2, 0.25) is 0 Å². The zero-order valence-electron chi connectivity index (χ0n) is 32.3. The first-order valence-corrected chi connectivity index (χ1v) is 18.1. The first kappa shape index (κ1) is 57.0. The fourth-order valence-corrected chi connectivity index (χ4v) is 6.48. The van der Waals surface area contributed by atoms with Crippen molar-refractivity contribution in [2.45, 2.75) is 143 Å². The van der Waals surface area contributed by atoms with E-state index in [9.17, 15) is 70.9 Å². The van der Waals surface area contributed by atoms with E-state index < -0.39 is 160 Å². The lowest BCUT2D eigenvalue weighted by molar-refractivity contribution is -0.232. The Kier molecular flexibility index (Phi) is 23.9. The van der Waals surface area contributed by atoms with Crippen LogP contribution in [0.3, 0.4) is 0 Å². The normalized spacial score (nSPS) is 40.1. The second-order valence-electron chi connectivity index (χ2n) is 13.9. The molecule has 28 nitrogen and oxygen atoms in total. The molecule has 4 aliphatic rings. The van der Waals surface area contributed by atoms with E-state index >= 15 is 0 Å². The molecule has 0 aromatic carbocycles. The van der Waals surface area contributed by atoms with Crippen molar-refractivity contribution < 1.29 is 100 Å². The summed E-state index contributed by atoms with van der Waals surface area (Å²) in [6.45, 7) is 0.189. The summed E-state index contributed by atoms with van der Waals surface area (Å²) in [4.78, 5) is 25.0. The minimum absolute atomic E-state index is 0. The summed E-state index contributed by atoms with van der Waals surface area (Å²) in [5.41, 5.74) is 8.35. The molecule has 0 spiro atoms. The zero-order chi connectivity index (χ0) is 45.2. The molecule has 5 rings (SSSR count). The largest absolute Gasteiger partial charge is 0.394 e. The summed E-state index contributed by atoms with van der Waals surface area (Å²) in [5.74, 6) is 1.13. The third kappa shape index (κ3) is 13.5. The Balaban J connectivity index is 0.000000509. The summed E-state index contributed by atoms with van der Waals surface area (Å²) < 4.78 is 22.1. The molecule has 0 bridgehead atoms. The van der Waals surface area contributed by atoms with Crippen molar-refractivity contribution in [1.82, 2.24) is 25.6 Å². The van der Waals surface area contributed by atoms with Gasteiger partial charge in [0.25, 0.3) is 0 Å². The third-order valence-electron chi connectivity index (χ3n) is 9.73. The van der Waals surface area contributed by atoms with Gasteiger partial charge in [-0.25, -0.2) is 4.68 Å². The summed E-state index contributed by atoms with van der Waals surface area (Å²) in [7, 11) is 0. The van der Waals surface area contributed by atoms with E-state index in [2.05, 4.69) is 36.9 Å². The predicted octanol–water partition coefficient (Wildman–Crippen LogP) is -8.13. The molecule has 1 aromatic heterocycles. The molecule has 0 aliphatic carbocycles. The van der Waals surface area contributed by atoms with E-state index in [-0.39, 0.29) is 37.1 Å². The first-order valence-electron chi connectivity index (χ1n) is 18.1. The molecule has 29 heteroatoms. The number of aliphatic hydroxyl groups excluding tert-OH is 14. The predicted molar refractivity (Wildman–Crippen MR) is 213 cm³/mol. The smallest absolute Gasteiger partial charge is 0.217 e. The van der Waals surface area contributed by atoms with Crippen molar-refractivity contribution in [2.75, 3.05) is 26.4 Å². The number of carbonyl (C=O) groups excluding carboxylic acids is 2. The van der Waals surface area contributed by atoms with E-state index in [0.717, 1.165) is 4.68 Å². The van der Waals surface area contributed by atoms with Crippen LogP contribution in [0.1, 0.15) is 39.3 Å². The van der Waals surface area contributed by atoms with Crippen LogP contribution in [0.25, 0.3) is 10.4 Å². The maximum absolute atomic E-state index is 11.5. The van der Waals surface area contributed by atoms with Gasteiger partial charge in [0.05, 0.1) is 38.7 Å². The highest BCUT2D eigenvalue weighted by Gasteiger charge is 2.49. The van der Waals surface area contributed by atoms with Crippen LogP contribution in [0.15, 0.2) is 11.3 Å². The Morgan fingerprint density at radius 2 is 1.15 bits per heavy atom. The Hall–Kier alpha value is -3.04. The van der Waals surface area contributed by atoms with Gasteiger partial charge in [-0.05, 0) is 5.53 Å². The van der Waals surface area contributed by atoms with E-state index in [4.69, 9.17) is 41.1 Å². The lowest BCUT2D eigenvalue weighted by atomic mass is 9.94. The lowest BCUT2D eigenvalue weighted by Gasteiger charge is -2.42. The van der Waals surface area contributed by atoms with Gasteiger partial charge in [0.15, 0.2) is 12.5 Å². The number of azide groups is 1. The Morgan fingerprint density at radius 3 is 1.63 bits per heavy atom. The van der Waals surface area contributed by atoms with Gasteiger partial charge in [-0.1, -0.05) is 23.7 Å². The monoisotopic (exact) mass is 1010 g/mol. The molecule has 0 radical (unpaired) electrons. The van der Waals surface area contributed by atoms with Crippen LogP contribution >= 0.6 is 24.0 Å². The van der Waals surface area contributed by atoms with E-state index in [1.54, 1.807) is 0 Å². The molecule has 5 heterocycles. The number of terminal acetylenes is 1. The Morgan fingerprint density at radius 1 is 0.710 bits per heavy atom. The summed E-state index contributed by atoms with van der Waals surface area (Å²) in [6.07, 6.45) is -17.1. The molecule has 62 heavy (non-hydrogen) atoms. The van der Waals surface area contributed by atoms with Gasteiger partial charge in [0, 0.05) is 18.8 Å². The van der Waals surface area contributed by atoms with Crippen LogP contribution in [0.5, 0.6) is 0 Å². The van der Waals surface area contributed by atoms with Crippen molar-refractivity contribution in [2.24, 2.45) is 5.11 Å². The maximum Gasteiger partial charge on any atom is 0.217 e. The summed E-state index contributed by atoms with van der Waals surface area (Å²) in [6, 6.07) is -2.20. The SMILES string of the molecule is C.C#C[C@H]1O[C@H](CO)[C@@H](O)[C@H](O)[C@@H]1O.CC(=O)N[C@@H]1[C@@H](O)[C@H](O)[C@@H](CO)O[C@H]1N=[N+]=[N-].CC(=O)N[C@@H]1[C@@H](O)[C@H](O)[C@@H](CO)O[C@H]1n1cc(C2O[C@H](CO)[C@@H](O)[C@H](O)[C@@H]2O)nn1.I. The first-order chi connectivity index (χ1) is 28.3. The highest BCUT2D eigenvalue weighted by molar-refractivity contribution is 14.0. The second-order valence-corrected chi connectivity index (χ2v) is 13.9. The lowest BCUT2D eigenvalue weighted by Crippen LogP contribution is -2.63. The average Bonchev–Trinajstić information content (AvgIpc) is 3.71. The highest BCUT2D eigenvalue weighted by Crippen LogP contribution is 2.33. The number of amides is 2. The van der Waals surface area contributed by atoms with E-state index in [0.29, 0.717) is 0 Å². The quantitative estimate of drug-likeness (QED) is 0.0359. The van der Waals surface area contributed by atoms with Crippen LogP contribution in [0, 0.1) is 12.3 Å². The minimum Gasteiger partial charge on any atom is -0.394 e. The zero-order valence-corrected chi connectivity index (χ0v) is 34.7. The number of aromatic nitrogens is 3. The molecule has 20 atom stereocenters.